The van der Waals surface area contributed by atoms with Crippen molar-refractivity contribution in [1.29, 1.82) is 0 Å². The summed E-state index contributed by atoms with van der Waals surface area (Å²) in [6.45, 7) is 6.44. The van der Waals surface area contributed by atoms with E-state index in [1.54, 1.807) is 26.2 Å². The molecule has 1 unspecified atom stereocenters. The number of methoxy groups -OCH3 is 2. The van der Waals surface area contributed by atoms with Crippen molar-refractivity contribution < 1.29 is 14.3 Å². The Morgan fingerprint density at radius 3 is 2.54 bits per heavy atom. The normalized spacial score (nSPS) is 11.8. The first-order valence-electron chi connectivity index (χ1n) is 8.62. The van der Waals surface area contributed by atoms with Crippen LogP contribution in [0.2, 0.25) is 0 Å². The Bertz CT molecular complexity index is 738. The number of urea groups is 1. The zero-order chi connectivity index (χ0) is 19.3. The van der Waals surface area contributed by atoms with Crippen LogP contribution in [-0.2, 0) is 6.42 Å². The summed E-state index contributed by atoms with van der Waals surface area (Å²) in [5.41, 5.74) is 4.03. The van der Waals surface area contributed by atoms with E-state index in [0.717, 1.165) is 22.5 Å². The molecule has 2 amide bonds. The van der Waals surface area contributed by atoms with E-state index < -0.39 is 0 Å². The van der Waals surface area contributed by atoms with E-state index in [1.807, 2.05) is 39.0 Å². The number of aromatic amines is 1. The molecule has 2 rings (SSSR count). The quantitative estimate of drug-likeness (QED) is 0.795. The number of aryl methyl sites for hydroxylation is 2. The third-order valence-electron chi connectivity index (χ3n) is 4.64. The number of benzene rings is 1. The van der Waals surface area contributed by atoms with Crippen LogP contribution in [-0.4, -0.2) is 48.9 Å². The lowest BCUT2D eigenvalue weighted by molar-refractivity contribution is 0.194. The highest BCUT2D eigenvalue weighted by Gasteiger charge is 2.22. The van der Waals surface area contributed by atoms with Crippen LogP contribution in [0.1, 0.15) is 35.5 Å². The number of carbonyl (C=O) groups excluding carboxylic acids is 1. The lowest BCUT2D eigenvalue weighted by Crippen LogP contribution is -2.39. The SMILES string of the molecule is COc1ccc(CCNC(=O)N(C)C(C)c2c(C)n[nH]c2C)cc1OC. The van der Waals surface area contributed by atoms with Crippen molar-refractivity contribution in [2.45, 2.75) is 33.2 Å². The van der Waals surface area contributed by atoms with E-state index in [2.05, 4.69) is 15.5 Å². The van der Waals surface area contributed by atoms with Crippen LogP contribution in [0.25, 0.3) is 0 Å². The lowest BCUT2D eigenvalue weighted by atomic mass is 10.1. The van der Waals surface area contributed by atoms with Crippen LogP contribution < -0.4 is 14.8 Å². The molecule has 0 saturated heterocycles. The topological polar surface area (TPSA) is 79.5 Å². The van der Waals surface area contributed by atoms with Crippen molar-refractivity contribution in [3.05, 3.63) is 40.7 Å². The molecule has 1 atom stereocenters. The van der Waals surface area contributed by atoms with Gasteiger partial charge in [0, 0.05) is 24.8 Å². The van der Waals surface area contributed by atoms with Gasteiger partial charge in [-0.3, -0.25) is 5.10 Å². The van der Waals surface area contributed by atoms with Gasteiger partial charge in [-0.25, -0.2) is 4.79 Å². The predicted octanol–water partition coefficient (Wildman–Crippen LogP) is 2.99. The number of nitrogens with zero attached hydrogens (tertiary/aromatic N) is 2. The number of hydrogen-bond donors (Lipinski definition) is 2. The third kappa shape index (κ3) is 4.28. The summed E-state index contributed by atoms with van der Waals surface area (Å²) in [6, 6.07) is 5.59. The van der Waals surface area contributed by atoms with Gasteiger partial charge in [0.2, 0.25) is 0 Å². The summed E-state index contributed by atoms with van der Waals surface area (Å²) in [6.07, 6.45) is 0.706. The van der Waals surface area contributed by atoms with Crippen molar-refractivity contribution in [3.8, 4) is 11.5 Å². The Balaban J connectivity index is 1.92. The van der Waals surface area contributed by atoms with Crippen molar-refractivity contribution in [2.75, 3.05) is 27.8 Å². The van der Waals surface area contributed by atoms with E-state index in [4.69, 9.17) is 9.47 Å². The number of amides is 2. The van der Waals surface area contributed by atoms with E-state index in [-0.39, 0.29) is 12.1 Å². The highest BCUT2D eigenvalue weighted by atomic mass is 16.5. The van der Waals surface area contributed by atoms with Gasteiger partial charge in [0.05, 0.1) is 26.0 Å². The van der Waals surface area contributed by atoms with Crippen molar-refractivity contribution >= 4 is 6.03 Å². The fourth-order valence-electron chi connectivity index (χ4n) is 3.02. The first-order chi connectivity index (χ1) is 12.4. The van der Waals surface area contributed by atoms with Gasteiger partial charge < -0.3 is 19.7 Å². The van der Waals surface area contributed by atoms with E-state index >= 15 is 0 Å². The van der Waals surface area contributed by atoms with E-state index in [1.165, 1.54) is 0 Å². The third-order valence-corrected chi connectivity index (χ3v) is 4.64. The number of hydrogen-bond acceptors (Lipinski definition) is 4. The molecule has 1 aromatic heterocycles. The fraction of sp³-hybridized carbons (Fsp3) is 0.474. The second-order valence-electron chi connectivity index (χ2n) is 6.31. The fourth-order valence-corrected chi connectivity index (χ4v) is 3.02. The molecular weight excluding hydrogens is 332 g/mol. The minimum atomic E-state index is -0.113. The minimum absolute atomic E-state index is 0.0603. The predicted molar refractivity (Wildman–Crippen MR) is 101 cm³/mol. The Morgan fingerprint density at radius 1 is 1.27 bits per heavy atom. The number of nitrogens with one attached hydrogen (secondary N) is 2. The molecule has 0 aliphatic carbocycles. The second kappa shape index (κ2) is 8.60. The average molecular weight is 360 g/mol. The number of rotatable bonds is 7. The zero-order valence-electron chi connectivity index (χ0n) is 16.3. The molecule has 1 heterocycles. The van der Waals surface area contributed by atoms with Crippen molar-refractivity contribution in [1.82, 2.24) is 20.4 Å². The van der Waals surface area contributed by atoms with Gasteiger partial charge in [-0.1, -0.05) is 6.07 Å². The highest BCUT2D eigenvalue weighted by molar-refractivity contribution is 5.74. The minimum Gasteiger partial charge on any atom is -0.493 e. The Labute approximate surface area is 154 Å². The van der Waals surface area contributed by atoms with Crippen LogP contribution in [0.15, 0.2) is 18.2 Å². The maximum atomic E-state index is 12.5. The molecule has 142 valence electrons. The molecule has 2 aromatic rings. The summed E-state index contributed by atoms with van der Waals surface area (Å²) >= 11 is 0. The number of ether oxygens (including phenoxy) is 2. The second-order valence-corrected chi connectivity index (χ2v) is 6.31. The molecule has 2 N–H and O–H groups in total. The Hall–Kier alpha value is -2.70. The summed E-state index contributed by atoms with van der Waals surface area (Å²) in [5, 5.41) is 10.1. The molecule has 26 heavy (non-hydrogen) atoms. The lowest BCUT2D eigenvalue weighted by Gasteiger charge is -2.25. The Kier molecular flexibility index (Phi) is 6.49. The van der Waals surface area contributed by atoms with Crippen LogP contribution in [0, 0.1) is 13.8 Å². The molecule has 0 aliphatic heterocycles. The summed E-state index contributed by atoms with van der Waals surface area (Å²) in [4.78, 5) is 14.1. The summed E-state index contributed by atoms with van der Waals surface area (Å²) < 4.78 is 10.5. The van der Waals surface area contributed by atoms with Crippen molar-refractivity contribution in [2.24, 2.45) is 0 Å². The summed E-state index contributed by atoms with van der Waals surface area (Å²) in [7, 11) is 5.01. The van der Waals surface area contributed by atoms with E-state index in [9.17, 15) is 4.79 Å². The van der Waals surface area contributed by atoms with Crippen LogP contribution in [0.3, 0.4) is 0 Å². The molecule has 0 spiro atoms. The standard InChI is InChI=1S/C19H28N4O3/c1-12-18(13(2)22-21-12)14(3)23(4)19(24)20-10-9-15-7-8-16(25-5)17(11-15)26-6/h7-8,11,14H,9-10H2,1-6H3,(H,20,24)(H,21,22). The maximum Gasteiger partial charge on any atom is 0.317 e. The van der Waals surface area contributed by atoms with Gasteiger partial charge in [0.1, 0.15) is 0 Å². The number of carbonyl (C=O) groups is 1. The van der Waals surface area contributed by atoms with Gasteiger partial charge in [0.15, 0.2) is 11.5 Å². The molecule has 7 nitrogen and oxygen atoms in total. The molecule has 1 aromatic carbocycles. The first-order valence-corrected chi connectivity index (χ1v) is 8.62. The van der Waals surface area contributed by atoms with Crippen LogP contribution in [0.4, 0.5) is 4.79 Å². The smallest absolute Gasteiger partial charge is 0.317 e. The largest absolute Gasteiger partial charge is 0.493 e. The van der Waals surface area contributed by atoms with Gasteiger partial charge in [0.25, 0.3) is 0 Å². The van der Waals surface area contributed by atoms with Gasteiger partial charge in [-0.15, -0.1) is 0 Å². The van der Waals surface area contributed by atoms with Crippen LogP contribution >= 0.6 is 0 Å². The molecule has 0 aliphatic rings. The number of aromatic nitrogens is 2. The molecule has 0 saturated carbocycles. The molecular formula is C19H28N4O3. The molecule has 0 bridgehead atoms. The van der Waals surface area contributed by atoms with Gasteiger partial charge in [-0.2, -0.15) is 5.10 Å². The number of H-pyrrole nitrogens is 1. The zero-order valence-corrected chi connectivity index (χ0v) is 16.3. The Morgan fingerprint density at radius 2 is 1.96 bits per heavy atom. The monoisotopic (exact) mass is 360 g/mol. The average Bonchev–Trinajstić information content (AvgIpc) is 2.98. The molecule has 0 radical (unpaired) electrons. The van der Waals surface area contributed by atoms with Gasteiger partial charge >= 0.3 is 6.03 Å². The summed E-state index contributed by atoms with van der Waals surface area (Å²) in [5.74, 6) is 1.38. The van der Waals surface area contributed by atoms with Crippen LogP contribution in [0.5, 0.6) is 11.5 Å². The van der Waals surface area contributed by atoms with Crippen molar-refractivity contribution in [3.63, 3.8) is 0 Å². The van der Waals surface area contributed by atoms with Gasteiger partial charge in [-0.05, 0) is 44.9 Å². The highest BCUT2D eigenvalue weighted by Crippen LogP contribution is 2.27. The van der Waals surface area contributed by atoms with E-state index in [0.29, 0.717) is 24.5 Å². The first kappa shape index (κ1) is 19.6. The maximum absolute atomic E-state index is 12.5. The molecule has 7 heteroatoms. The molecule has 0 fully saturated rings.